The number of aliphatic imine (C=N–C) groups is 1. The summed E-state index contributed by atoms with van der Waals surface area (Å²) in [5.41, 5.74) is 6.43. The molecule has 4 nitrogen and oxygen atoms in total. The van der Waals surface area contributed by atoms with Crippen LogP contribution in [-0.2, 0) is 24.1 Å². The third-order valence-electron chi connectivity index (χ3n) is 1.83. The first kappa shape index (κ1) is 13.5. The Morgan fingerprint density at radius 1 is 1.41 bits per heavy atom. The Morgan fingerprint density at radius 2 is 2.06 bits per heavy atom. The van der Waals surface area contributed by atoms with E-state index in [9.17, 15) is 4.79 Å². The topological polar surface area (TPSA) is 67.5 Å². The molecule has 0 radical (unpaired) electrons. The zero-order valence-electron chi connectivity index (χ0n) is 9.38. The number of para-hydroxylation sites is 1. The summed E-state index contributed by atoms with van der Waals surface area (Å²) in [6.07, 6.45) is 3.32. The van der Waals surface area contributed by atoms with Crippen LogP contribution in [0.3, 0.4) is 0 Å². The third kappa shape index (κ3) is 4.45. The molecule has 17 heavy (non-hydrogen) atoms. The normalized spacial score (nSPS) is 11.5. The van der Waals surface area contributed by atoms with Crippen molar-refractivity contribution in [2.45, 2.75) is 6.92 Å². The maximum absolute atomic E-state index is 11.8. The first-order valence-corrected chi connectivity index (χ1v) is 6.47. The number of benzene rings is 1. The number of hydrogen-bond donors (Lipinski definition) is 2. The van der Waals surface area contributed by atoms with Crippen LogP contribution in [0.25, 0.3) is 0 Å². The average Bonchev–Trinajstić information content (AvgIpc) is 2.36. The monoisotopic (exact) mass is 399 g/mol. The molecular formula is C12H13N3OW. The fourth-order valence-corrected chi connectivity index (χ4v) is 1.41. The van der Waals surface area contributed by atoms with Gasteiger partial charge in [0.25, 0.3) is 0 Å². The number of carbonyl (C=O) groups excluding carboxylic acids is 1. The summed E-state index contributed by atoms with van der Waals surface area (Å²) in [7, 11) is 0. The van der Waals surface area contributed by atoms with E-state index in [0.717, 1.165) is 25.0 Å². The number of allylic oxidation sites excluding steroid dienone is 1. The van der Waals surface area contributed by atoms with Gasteiger partial charge in [0.15, 0.2) is 0 Å². The molecule has 1 aromatic rings. The van der Waals surface area contributed by atoms with E-state index >= 15 is 0 Å². The van der Waals surface area contributed by atoms with Crippen molar-refractivity contribution in [1.82, 2.24) is 0 Å². The van der Waals surface area contributed by atoms with Gasteiger partial charge in [-0.3, -0.25) is 0 Å². The van der Waals surface area contributed by atoms with Crippen LogP contribution in [0.15, 0.2) is 47.6 Å². The first-order valence-electron chi connectivity index (χ1n) is 5.00. The molecule has 0 atom stereocenters. The standard InChI is InChI=1S/C12H13N3O.W/c1-2-8-14-11(13)9-12(16)15-10-6-4-3-5-7-10;/h2-8H,1H3,(H2,13,14)(H,15,16);. The number of amides is 1. The Labute approximate surface area is 111 Å². The van der Waals surface area contributed by atoms with Gasteiger partial charge >= 0.3 is 111 Å². The molecule has 0 aliphatic heterocycles. The second kappa shape index (κ2) is 6.92. The van der Waals surface area contributed by atoms with Gasteiger partial charge in [-0.2, -0.15) is 0 Å². The molecule has 1 aromatic carbocycles. The molecule has 0 saturated carbocycles. The van der Waals surface area contributed by atoms with E-state index in [1.54, 1.807) is 12.3 Å². The van der Waals surface area contributed by atoms with Gasteiger partial charge in [0.05, 0.1) is 0 Å². The zero-order chi connectivity index (χ0) is 12.7. The van der Waals surface area contributed by atoms with Crippen LogP contribution in [0.2, 0.25) is 0 Å². The number of rotatable bonds is 4. The van der Waals surface area contributed by atoms with Gasteiger partial charge in [0.2, 0.25) is 0 Å². The summed E-state index contributed by atoms with van der Waals surface area (Å²) in [5, 5.41) is 2.76. The first-order chi connectivity index (χ1) is 8.15. The van der Waals surface area contributed by atoms with Crippen LogP contribution in [0.5, 0.6) is 0 Å². The fraction of sp³-hybridized carbons (Fsp3) is 0.0833. The van der Waals surface area contributed by atoms with Crippen LogP contribution < -0.4 is 11.1 Å². The summed E-state index contributed by atoms with van der Waals surface area (Å²) < 4.78 is 0.479. The Hall–Kier alpha value is -1.54. The molecule has 0 saturated heterocycles. The van der Waals surface area contributed by atoms with Gasteiger partial charge in [-0.1, -0.05) is 0 Å². The van der Waals surface area contributed by atoms with E-state index in [1.807, 2.05) is 37.3 Å². The predicted molar refractivity (Wildman–Crippen MR) is 66.5 cm³/mol. The van der Waals surface area contributed by atoms with Crippen LogP contribution >= 0.6 is 0 Å². The van der Waals surface area contributed by atoms with Crippen molar-refractivity contribution in [3.8, 4) is 0 Å². The molecule has 0 fully saturated rings. The molecule has 0 aliphatic carbocycles. The van der Waals surface area contributed by atoms with Crippen molar-refractivity contribution in [2.24, 2.45) is 10.7 Å². The molecule has 0 aliphatic rings. The molecule has 1 rings (SSSR count). The van der Waals surface area contributed by atoms with Crippen LogP contribution in [0.4, 0.5) is 5.69 Å². The van der Waals surface area contributed by atoms with E-state index in [2.05, 4.69) is 10.3 Å². The van der Waals surface area contributed by atoms with Gasteiger partial charge in [-0.15, -0.1) is 0 Å². The van der Waals surface area contributed by atoms with Crippen molar-refractivity contribution in [1.29, 1.82) is 0 Å². The molecule has 88 valence electrons. The number of carbonyl (C=O) groups is 1. The van der Waals surface area contributed by atoms with Gasteiger partial charge in [-0.25, -0.2) is 0 Å². The quantitative estimate of drug-likeness (QED) is 0.591. The minimum absolute atomic E-state index is 0.211. The maximum atomic E-state index is 11.8. The minimum atomic E-state index is -0.211. The van der Waals surface area contributed by atoms with E-state index in [0.29, 0.717) is 3.90 Å². The Balaban J connectivity index is 2.69. The van der Waals surface area contributed by atoms with Crippen molar-refractivity contribution >= 4 is 21.3 Å². The number of nitrogens with two attached hydrogens (primary N) is 1. The number of nitrogens with zero attached hydrogens (tertiary/aromatic N) is 1. The summed E-state index contributed by atoms with van der Waals surface area (Å²) >= 11 is 0.985. The van der Waals surface area contributed by atoms with Gasteiger partial charge in [-0.05, 0) is 0 Å². The molecule has 0 heterocycles. The van der Waals surface area contributed by atoms with Crippen LogP contribution in [-0.4, -0.2) is 15.6 Å². The zero-order valence-corrected chi connectivity index (χ0v) is 12.3. The third-order valence-corrected chi connectivity index (χ3v) is 3.25. The Kier molecular flexibility index (Phi) is 5.50. The summed E-state index contributed by atoms with van der Waals surface area (Å²) in [5.74, 6) is 0.0449. The van der Waals surface area contributed by atoms with Crippen molar-refractivity contribution in [2.75, 3.05) is 5.32 Å². The summed E-state index contributed by atoms with van der Waals surface area (Å²) in [4.78, 5) is 15.7. The number of nitrogens with one attached hydrogen (secondary N) is 1. The SMILES string of the molecule is CC=CN=C(N)[C](=[W])C(=O)Nc1ccccc1. The molecule has 0 spiro atoms. The number of hydrogen-bond acceptors (Lipinski definition) is 2. The predicted octanol–water partition coefficient (Wildman–Crippen LogP) is 1.24. The van der Waals surface area contributed by atoms with Crippen molar-refractivity contribution in [3.63, 3.8) is 0 Å². The molecule has 0 unspecified atom stereocenters. The van der Waals surface area contributed by atoms with Crippen molar-refractivity contribution in [3.05, 3.63) is 42.6 Å². The van der Waals surface area contributed by atoms with E-state index in [-0.39, 0.29) is 11.7 Å². The van der Waals surface area contributed by atoms with Crippen LogP contribution in [0, 0.1) is 0 Å². The summed E-state index contributed by atoms with van der Waals surface area (Å²) in [6, 6.07) is 9.24. The second-order valence-electron chi connectivity index (χ2n) is 3.15. The van der Waals surface area contributed by atoms with E-state index < -0.39 is 0 Å². The van der Waals surface area contributed by atoms with Gasteiger partial charge in [0.1, 0.15) is 0 Å². The molecule has 5 heteroatoms. The molecule has 3 N–H and O–H groups in total. The molecule has 0 bridgehead atoms. The second-order valence-corrected chi connectivity index (χ2v) is 4.61. The summed E-state index contributed by atoms with van der Waals surface area (Å²) in [6.45, 7) is 1.84. The van der Waals surface area contributed by atoms with Crippen molar-refractivity contribution < 1.29 is 24.1 Å². The number of amidine groups is 1. The molecule has 0 aromatic heterocycles. The van der Waals surface area contributed by atoms with E-state index in [4.69, 9.17) is 5.73 Å². The van der Waals surface area contributed by atoms with Crippen LogP contribution in [0.1, 0.15) is 6.92 Å². The number of anilines is 1. The average molecular weight is 399 g/mol. The van der Waals surface area contributed by atoms with Gasteiger partial charge < -0.3 is 0 Å². The molecular weight excluding hydrogens is 386 g/mol. The van der Waals surface area contributed by atoms with Gasteiger partial charge in [0, 0.05) is 0 Å². The molecule has 1 amide bonds. The Bertz CT molecular complexity index is 466. The fourth-order valence-electron chi connectivity index (χ4n) is 1.04. The Morgan fingerprint density at radius 3 is 2.65 bits per heavy atom. The van der Waals surface area contributed by atoms with E-state index in [1.165, 1.54) is 0 Å².